The molecule has 43 heavy (non-hydrogen) atoms. The monoisotopic (exact) mass is 611 g/mol. The SMILES string of the molecule is COc1ccccc1Oc1c(NS(=O)(=O)c2ccc(OCCCO)cc2)ncnc1OCCOC(=O)Nc1ccccn1. The van der Waals surface area contributed by atoms with Gasteiger partial charge in [-0.3, -0.25) is 10.0 Å². The van der Waals surface area contributed by atoms with Gasteiger partial charge in [-0.25, -0.2) is 23.2 Å². The van der Waals surface area contributed by atoms with E-state index in [4.69, 9.17) is 28.8 Å². The van der Waals surface area contributed by atoms with Gasteiger partial charge in [0.25, 0.3) is 15.9 Å². The third kappa shape index (κ3) is 8.92. The van der Waals surface area contributed by atoms with Crippen molar-refractivity contribution in [1.29, 1.82) is 0 Å². The van der Waals surface area contributed by atoms with Gasteiger partial charge in [0.1, 0.15) is 31.1 Å². The van der Waals surface area contributed by atoms with E-state index in [-0.39, 0.29) is 54.5 Å². The van der Waals surface area contributed by atoms with Crippen LogP contribution in [0.1, 0.15) is 6.42 Å². The molecule has 0 unspecified atom stereocenters. The molecule has 0 saturated heterocycles. The van der Waals surface area contributed by atoms with E-state index in [0.29, 0.717) is 23.7 Å². The maximum Gasteiger partial charge on any atom is 0.412 e. The number of rotatable bonds is 15. The van der Waals surface area contributed by atoms with E-state index < -0.39 is 16.1 Å². The summed E-state index contributed by atoms with van der Waals surface area (Å²) in [5.41, 5.74) is 0. The second-order valence-electron chi connectivity index (χ2n) is 8.44. The number of hydrogen-bond donors (Lipinski definition) is 3. The Labute approximate surface area is 247 Å². The van der Waals surface area contributed by atoms with Crippen molar-refractivity contribution in [2.75, 3.05) is 43.6 Å². The number of anilines is 2. The third-order valence-corrected chi connectivity index (χ3v) is 6.79. The van der Waals surface area contributed by atoms with Crippen molar-refractivity contribution in [3.63, 3.8) is 0 Å². The third-order valence-electron chi connectivity index (χ3n) is 5.44. The highest BCUT2D eigenvalue weighted by atomic mass is 32.2. The lowest BCUT2D eigenvalue weighted by molar-refractivity contribution is 0.135. The lowest BCUT2D eigenvalue weighted by Crippen LogP contribution is -2.19. The lowest BCUT2D eigenvalue weighted by Gasteiger charge is -2.17. The van der Waals surface area contributed by atoms with E-state index in [9.17, 15) is 13.2 Å². The Morgan fingerprint density at radius 1 is 0.884 bits per heavy atom. The second kappa shape index (κ2) is 15.2. The van der Waals surface area contributed by atoms with Crippen molar-refractivity contribution in [3.05, 3.63) is 79.3 Å². The average Bonchev–Trinajstić information content (AvgIpc) is 3.01. The van der Waals surface area contributed by atoms with Crippen LogP contribution in [0.2, 0.25) is 0 Å². The van der Waals surface area contributed by atoms with Gasteiger partial charge in [-0.1, -0.05) is 18.2 Å². The number of sulfonamides is 1. The topological polar surface area (TPSA) is 180 Å². The molecule has 0 spiro atoms. The molecule has 14 nitrogen and oxygen atoms in total. The van der Waals surface area contributed by atoms with Crippen LogP contribution in [0.15, 0.2) is 84.1 Å². The Kier molecular flexibility index (Phi) is 10.9. The fourth-order valence-corrected chi connectivity index (χ4v) is 4.46. The summed E-state index contributed by atoms with van der Waals surface area (Å²) in [5.74, 6) is 0.863. The van der Waals surface area contributed by atoms with Gasteiger partial charge in [0.15, 0.2) is 17.3 Å². The molecule has 226 valence electrons. The summed E-state index contributed by atoms with van der Waals surface area (Å²) in [5, 5.41) is 11.4. The highest BCUT2D eigenvalue weighted by Gasteiger charge is 2.23. The number of amides is 1. The standard InChI is InChI=1S/C28H29N5O9S/c1-38-22-7-2-3-8-23(22)42-25-26(33-43(36,37)21-12-10-20(11-13-21)39-16-6-15-34)30-19-31-27(25)40-17-18-41-28(35)32-24-9-4-5-14-29-24/h2-5,7-14,19,34H,6,15-18H2,1H3,(H,29,32,35)(H,30,31,33). The minimum Gasteiger partial charge on any atom is -0.494 e. The van der Waals surface area contributed by atoms with Crippen LogP contribution in [0.4, 0.5) is 16.4 Å². The first-order chi connectivity index (χ1) is 20.9. The van der Waals surface area contributed by atoms with E-state index in [1.807, 2.05) is 0 Å². The van der Waals surface area contributed by atoms with Gasteiger partial charge in [0.2, 0.25) is 5.75 Å². The predicted octanol–water partition coefficient (Wildman–Crippen LogP) is 3.86. The molecule has 0 radical (unpaired) electrons. The zero-order chi connectivity index (χ0) is 30.5. The fourth-order valence-electron chi connectivity index (χ4n) is 3.44. The van der Waals surface area contributed by atoms with Gasteiger partial charge >= 0.3 is 6.09 Å². The Morgan fingerprint density at radius 3 is 2.37 bits per heavy atom. The van der Waals surface area contributed by atoms with E-state index in [1.54, 1.807) is 42.5 Å². The van der Waals surface area contributed by atoms with Crippen molar-refractivity contribution in [3.8, 4) is 28.9 Å². The molecule has 0 bridgehead atoms. The number of aliphatic hydroxyl groups is 1. The molecule has 4 rings (SSSR count). The van der Waals surface area contributed by atoms with Gasteiger partial charge in [-0.05, 0) is 48.5 Å². The Balaban J connectivity index is 1.51. The highest BCUT2D eigenvalue weighted by Crippen LogP contribution is 2.39. The minimum atomic E-state index is -4.15. The number of para-hydroxylation sites is 2. The first-order valence-corrected chi connectivity index (χ1v) is 14.4. The smallest absolute Gasteiger partial charge is 0.412 e. The van der Waals surface area contributed by atoms with Crippen LogP contribution in [0, 0.1) is 0 Å². The number of pyridine rings is 1. The summed E-state index contributed by atoms with van der Waals surface area (Å²) in [7, 11) is -2.70. The van der Waals surface area contributed by atoms with Crippen molar-refractivity contribution in [1.82, 2.24) is 15.0 Å². The molecule has 0 aliphatic carbocycles. The van der Waals surface area contributed by atoms with Crippen LogP contribution in [0.5, 0.6) is 28.9 Å². The first-order valence-electron chi connectivity index (χ1n) is 12.9. The minimum absolute atomic E-state index is 0.0192. The molecule has 2 aromatic heterocycles. The van der Waals surface area contributed by atoms with Crippen LogP contribution in [-0.2, 0) is 14.8 Å². The molecule has 3 N–H and O–H groups in total. The molecule has 0 atom stereocenters. The van der Waals surface area contributed by atoms with Gasteiger partial charge in [-0.15, -0.1) is 0 Å². The fraction of sp³-hybridized carbons (Fsp3) is 0.214. The van der Waals surface area contributed by atoms with E-state index in [0.717, 1.165) is 6.33 Å². The maximum absolute atomic E-state index is 13.3. The molecule has 15 heteroatoms. The van der Waals surface area contributed by atoms with Crippen LogP contribution >= 0.6 is 0 Å². The summed E-state index contributed by atoms with van der Waals surface area (Å²) in [6.45, 7) is -0.0633. The Morgan fingerprint density at radius 2 is 1.65 bits per heavy atom. The van der Waals surface area contributed by atoms with Crippen molar-refractivity contribution in [2.24, 2.45) is 0 Å². The number of aliphatic hydroxyl groups excluding tert-OH is 1. The molecule has 2 heterocycles. The van der Waals surface area contributed by atoms with Crippen LogP contribution in [0.25, 0.3) is 0 Å². The average molecular weight is 612 g/mol. The zero-order valence-electron chi connectivity index (χ0n) is 23.0. The molecular formula is C28H29N5O9S. The maximum atomic E-state index is 13.3. The van der Waals surface area contributed by atoms with Crippen molar-refractivity contribution < 1.29 is 42.0 Å². The lowest BCUT2D eigenvalue weighted by atomic mass is 10.3. The predicted molar refractivity (Wildman–Crippen MR) is 154 cm³/mol. The molecule has 0 aliphatic rings. The van der Waals surface area contributed by atoms with E-state index >= 15 is 0 Å². The normalized spacial score (nSPS) is 10.8. The van der Waals surface area contributed by atoms with Crippen LogP contribution in [-0.4, -0.2) is 68.1 Å². The number of methoxy groups -OCH3 is 1. The summed E-state index contributed by atoms with van der Waals surface area (Å²) in [4.78, 5) is 24.1. The summed E-state index contributed by atoms with van der Waals surface area (Å²) in [6, 6.07) is 17.4. The number of nitrogens with zero attached hydrogens (tertiary/aromatic N) is 3. The molecule has 1 amide bonds. The summed E-state index contributed by atoms with van der Waals surface area (Å²) in [6.07, 6.45) is 2.32. The number of aromatic nitrogens is 3. The first kappa shape index (κ1) is 30.8. The second-order valence-corrected chi connectivity index (χ2v) is 10.1. The van der Waals surface area contributed by atoms with Crippen molar-refractivity contribution in [2.45, 2.75) is 11.3 Å². The summed E-state index contributed by atoms with van der Waals surface area (Å²) >= 11 is 0. The van der Waals surface area contributed by atoms with Crippen LogP contribution < -0.4 is 29.0 Å². The van der Waals surface area contributed by atoms with Crippen LogP contribution in [0.3, 0.4) is 0 Å². The molecular weight excluding hydrogens is 582 g/mol. The highest BCUT2D eigenvalue weighted by molar-refractivity contribution is 7.92. The van der Waals surface area contributed by atoms with Crippen molar-refractivity contribution >= 4 is 27.8 Å². The number of nitrogens with one attached hydrogen (secondary N) is 2. The van der Waals surface area contributed by atoms with Gasteiger partial charge in [0, 0.05) is 19.2 Å². The zero-order valence-corrected chi connectivity index (χ0v) is 23.8. The molecule has 0 saturated carbocycles. The number of carbonyl (C=O) groups is 1. The van der Waals surface area contributed by atoms with Gasteiger partial charge < -0.3 is 28.8 Å². The Hall–Kier alpha value is -5.15. The molecule has 4 aromatic rings. The number of ether oxygens (including phenoxy) is 5. The van der Waals surface area contributed by atoms with E-state index in [1.165, 1.54) is 37.6 Å². The largest absolute Gasteiger partial charge is 0.494 e. The number of benzene rings is 2. The van der Waals surface area contributed by atoms with Gasteiger partial charge in [-0.2, -0.15) is 4.98 Å². The number of carbonyl (C=O) groups excluding carboxylic acids is 1. The number of hydrogen-bond acceptors (Lipinski definition) is 12. The Bertz CT molecular complexity index is 1590. The molecule has 0 fully saturated rings. The summed E-state index contributed by atoms with van der Waals surface area (Å²) < 4.78 is 56.6. The molecule has 2 aromatic carbocycles. The van der Waals surface area contributed by atoms with E-state index in [2.05, 4.69) is 25.0 Å². The quantitative estimate of drug-likeness (QED) is 0.165. The molecule has 0 aliphatic heterocycles. The van der Waals surface area contributed by atoms with Gasteiger partial charge in [0.05, 0.1) is 18.6 Å².